The van der Waals surface area contributed by atoms with E-state index in [0.717, 1.165) is 0 Å². The highest BCUT2D eigenvalue weighted by atomic mass is 32.2. The number of halogens is 2. The number of carbonyl (C=O) groups excluding carboxylic acids is 1. The van der Waals surface area contributed by atoms with Crippen LogP contribution >= 0.6 is 0 Å². The number of nitrogens with two attached hydrogens (primary N) is 1. The maximum Gasteiger partial charge on any atom is 0.328 e. The van der Waals surface area contributed by atoms with Crippen LogP contribution < -0.4 is 15.8 Å². The number of nitrogens with one attached hydrogen (secondary N) is 2. The predicted octanol–water partition coefficient (Wildman–Crippen LogP) is 0.943. The summed E-state index contributed by atoms with van der Waals surface area (Å²) in [6.07, 6.45) is 0. The first-order valence-corrected chi connectivity index (χ1v) is 6.69. The minimum Gasteiger partial charge on any atom is -0.396 e. The summed E-state index contributed by atoms with van der Waals surface area (Å²) in [5.74, 6) is -2.42. The quantitative estimate of drug-likeness (QED) is 0.722. The van der Waals surface area contributed by atoms with Gasteiger partial charge >= 0.3 is 6.03 Å². The van der Waals surface area contributed by atoms with Gasteiger partial charge in [-0.15, -0.1) is 0 Å². The molecule has 0 saturated carbocycles. The molecule has 0 aliphatic heterocycles. The number of amides is 2. The van der Waals surface area contributed by atoms with E-state index >= 15 is 0 Å². The molecule has 0 bridgehead atoms. The van der Waals surface area contributed by atoms with Gasteiger partial charge in [0.1, 0.15) is 16.5 Å². The average Bonchev–Trinajstić information content (AvgIpc) is 2.20. The van der Waals surface area contributed by atoms with Crippen molar-refractivity contribution in [2.75, 3.05) is 5.73 Å². The topological polar surface area (TPSA) is 101 Å². The highest BCUT2D eigenvalue weighted by molar-refractivity contribution is 7.90. The molecular formula is C10H13F2N3O3S. The van der Waals surface area contributed by atoms with Gasteiger partial charge in [-0.3, -0.25) is 0 Å². The number of sulfonamides is 1. The predicted molar refractivity (Wildman–Crippen MR) is 64.8 cm³/mol. The lowest BCUT2D eigenvalue weighted by atomic mass is 10.3. The Morgan fingerprint density at radius 2 is 1.84 bits per heavy atom. The Morgan fingerprint density at radius 1 is 1.26 bits per heavy atom. The van der Waals surface area contributed by atoms with E-state index in [2.05, 4.69) is 5.32 Å². The van der Waals surface area contributed by atoms with Crippen molar-refractivity contribution in [2.24, 2.45) is 0 Å². The smallest absolute Gasteiger partial charge is 0.328 e. The summed E-state index contributed by atoms with van der Waals surface area (Å²) in [5, 5.41) is 2.26. The second-order valence-electron chi connectivity index (χ2n) is 4.04. The van der Waals surface area contributed by atoms with Crippen molar-refractivity contribution in [3.63, 3.8) is 0 Å². The summed E-state index contributed by atoms with van der Waals surface area (Å²) in [7, 11) is -4.46. The summed E-state index contributed by atoms with van der Waals surface area (Å²) >= 11 is 0. The SMILES string of the molecule is CC(C)NC(=O)NS(=O)(=O)c1cc(N)c(F)cc1F. The molecule has 0 saturated heterocycles. The van der Waals surface area contributed by atoms with Crippen LogP contribution in [0.1, 0.15) is 13.8 Å². The lowest BCUT2D eigenvalue weighted by Crippen LogP contribution is -2.42. The highest BCUT2D eigenvalue weighted by Gasteiger charge is 2.23. The van der Waals surface area contributed by atoms with Crippen molar-refractivity contribution >= 4 is 21.7 Å². The van der Waals surface area contributed by atoms with Crippen LogP contribution in [-0.2, 0) is 10.0 Å². The molecule has 19 heavy (non-hydrogen) atoms. The average molecular weight is 293 g/mol. The van der Waals surface area contributed by atoms with Gasteiger partial charge in [0.2, 0.25) is 0 Å². The van der Waals surface area contributed by atoms with E-state index in [1.54, 1.807) is 18.6 Å². The molecule has 0 unspecified atom stereocenters. The normalized spacial score (nSPS) is 11.4. The molecule has 0 spiro atoms. The summed E-state index contributed by atoms with van der Waals surface area (Å²) in [6.45, 7) is 3.23. The fraction of sp³-hybridized carbons (Fsp3) is 0.300. The first-order valence-electron chi connectivity index (χ1n) is 5.21. The van der Waals surface area contributed by atoms with E-state index in [9.17, 15) is 22.0 Å². The van der Waals surface area contributed by atoms with E-state index in [1.807, 2.05) is 0 Å². The zero-order valence-electron chi connectivity index (χ0n) is 10.2. The molecule has 0 heterocycles. The van der Waals surface area contributed by atoms with Gasteiger partial charge in [-0.1, -0.05) is 0 Å². The molecule has 0 aliphatic carbocycles. The maximum absolute atomic E-state index is 13.4. The second kappa shape index (κ2) is 5.39. The number of benzene rings is 1. The third-order valence-electron chi connectivity index (χ3n) is 1.99. The Balaban J connectivity index is 3.08. The van der Waals surface area contributed by atoms with Crippen molar-refractivity contribution in [3.8, 4) is 0 Å². The minimum absolute atomic E-state index is 0.307. The Bertz CT molecular complexity index is 602. The Morgan fingerprint density at radius 3 is 2.37 bits per heavy atom. The third-order valence-corrected chi connectivity index (χ3v) is 3.33. The third kappa shape index (κ3) is 3.78. The number of hydrogen-bond donors (Lipinski definition) is 3. The number of nitrogen functional groups attached to an aromatic ring is 1. The zero-order chi connectivity index (χ0) is 14.8. The summed E-state index contributed by atoms with van der Waals surface area (Å²) < 4.78 is 51.3. The van der Waals surface area contributed by atoms with Crippen LogP contribution in [-0.4, -0.2) is 20.5 Å². The van der Waals surface area contributed by atoms with Crippen LogP contribution in [0.15, 0.2) is 17.0 Å². The van der Waals surface area contributed by atoms with Crippen molar-refractivity contribution in [2.45, 2.75) is 24.8 Å². The van der Waals surface area contributed by atoms with Crippen LogP contribution in [0, 0.1) is 11.6 Å². The number of hydrogen-bond acceptors (Lipinski definition) is 4. The first-order chi connectivity index (χ1) is 8.63. The molecule has 0 aromatic heterocycles. The number of rotatable bonds is 3. The van der Waals surface area contributed by atoms with Crippen LogP contribution in [0.5, 0.6) is 0 Å². The largest absolute Gasteiger partial charge is 0.396 e. The second-order valence-corrected chi connectivity index (χ2v) is 5.69. The van der Waals surface area contributed by atoms with Crippen molar-refractivity contribution in [1.82, 2.24) is 10.0 Å². The Labute approximate surface area is 109 Å². The standard InChI is InChI=1S/C10H13F2N3O3S/c1-5(2)14-10(16)15-19(17,18)9-4-8(13)6(11)3-7(9)12/h3-5H,13H2,1-2H3,(H2,14,15,16). The van der Waals surface area contributed by atoms with Gasteiger partial charge in [0.05, 0.1) is 5.69 Å². The van der Waals surface area contributed by atoms with Crippen molar-refractivity contribution < 1.29 is 22.0 Å². The van der Waals surface area contributed by atoms with Gasteiger partial charge in [0.15, 0.2) is 0 Å². The molecule has 0 fully saturated rings. The Hall–Kier alpha value is -1.90. The van der Waals surface area contributed by atoms with Gasteiger partial charge in [-0.2, -0.15) is 0 Å². The van der Waals surface area contributed by atoms with E-state index in [-0.39, 0.29) is 6.04 Å². The summed E-state index contributed by atoms with van der Waals surface area (Å²) in [4.78, 5) is 10.4. The molecule has 0 radical (unpaired) electrons. The molecule has 1 rings (SSSR count). The molecule has 106 valence electrons. The number of urea groups is 1. The van der Waals surface area contributed by atoms with Crippen molar-refractivity contribution in [1.29, 1.82) is 0 Å². The van der Waals surface area contributed by atoms with Crippen LogP contribution in [0.3, 0.4) is 0 Å². The molecule has 9 heteroatoms. The van der Waals surface area contributed by atoms with Crippen LogP contribution in [0.4, 0.5) is 19.3 Å². The molecule has 4 N–H and O–H groups in total. The lowest BCUT2D eigenvalue weighted by molar-refractivity contribution is 0.243. The van der Waals surface area contributed by atoms with E-state index in [1.165, 1.54) is 0 Å². The summed E-state index contributed by atoms with van der Waals surface area (Å²) in [6, 6.07) is -0.379. The maximum atomic E-state index is 13.4. The highest BCUT2D eigenvalue weighted by Crippen LogP contribution is 2.20. The van der Waals surface area contributed by atoms with Gasteiger partial charge < -0.3 is 11.1 Å². The molecular weight excluding hydrogens is 280 g/mol. The van der Waals surface area contributed by atoms with Gasteiger partial charge in [0.25, 0.3) is 10.0 Å². The van der Waals surface area contributed by atoms with Gasteiger partial charge in [0, 0.05) is 12.1 Å². The number of anilines is 1. The van der Waals surface area contributed by atoms with E-state index in [4.69, 9.17) is 5.73 Å². The minimum atomic E-state index is -4.46. The molecule has 0 atom stereocenters. The fourth-order valence-corrected chi connectivity index (χ4v) is 2.23. The van der Waals surface area contributed by atoms with Gasteiger partial charge in [-0.05, 0) is 19.9 Å². The fourth-order valence-electron chi connectivity index (χ4n) is 1.22. The first kappa shape index (κ1) is 15.2. The zero-order valence-corrected chi connectivity index (χ0v) is 11.0. The molecule has 1 aromatic rings. The molecule has 0 aliphatic rings. The van der Waals surface area contributed by atoms with E-state index in [0.29, 0.717) is 12.1 Å². The van der Waals surface area contributed by atoms with Crippen LogP contribution in [0.2, 0.25) is 0 Å². The lowest BCUT2D eigenvalue weighted by Gasteiger charge is -2.11. The van der Waals surface area contributed by atoms with E-state index < -0.39 is 38.3 Å². The molecule has 6 nitrogen and oxygen atoms in total. The number of carbonyl (C=O) groups is 1. The van der Waals surface area contributed by atoms with Crippen molar-refractivity contribution in [3.05, 3.63) is 23.8 Å². The monoisotopic (exact) mass is 293 g/mol. The molecule has 2 amide bonds. The van der Waals surface area contributed by atoms with Gasteiger partial charge in [-0.25, -0.2) is 26.7 Å². The van der Waals surface area contributed by atoms with Crippen LogP contribution in [0.25, 0.3) is 0 Å². The summed E-state index contributed by atoms with van der Waals surface area (Å²) in [5.41, 5.74) is 4.63. The molecule has 1 aromatic carbocycles. The Kier molecular flexibility index (Phi) is 4.30.